The summed E-state index contributed by atoms with van der Waals surface area (Å²) >= 11 is 1.59. The van der Waals surface area contributed by atoms with Crippen LogP contribution < -0.4 is 0 Å². The summed E-state index contributed by atoms with van der Waals surface area (Å²) in [6.07, 6.45) is 0. The number of hydrogen-bond donors (Lipinski definition) is 0. The molecule has 3 heteroatoms. The number of carbonyl (C=O) groups is 1. The molecule has 1 unspecified atom stereocenters. The molecule has 0 N–H and O–H groups in total. The Hall–Kier alpha value is -1.74. The largest absolute Gasteiger partial charge is 0.468 e. The lowest BCUT2D eigenvalue weighted by atomic mass is 10.1. The van der Waals surface area contributed by atoms with Crippen molar-refractivity contribution in [3.8, 4) is 0 Å². The normalized spacial score (nSPS) is 11.8. The topological polar surface area (TPSA) is 26.3 Å². The molecule has 0 radical (unpaired) electrons. The van der Waals surface area contributed by atoms with Gasteiger partial charge in [0.15, 0.2) is 0 Å². The van der Waals surface area contributed by atoms with E-state index in [0.29, 0.717) is 0 Å². The van der Waals surface area contributed by atoms with Gasteiger partial charge in [0, 0.05) is 5.75 Å². The molecule has 2 aromatic rings. The van der Waals surface area contributed by atoms with Gasteiger partial charge in [-0.3, -0.25) is 4.79 Å². The Bertz CT molecular complexity index is 511. The molecule has 0 spiro atoms. The van der Waals surface area contributed by atoms with E-state index in [0.717, 1.165) is 11.3 Å². The third-order valence-electron chi connectivity index (χ3n) is 2.78. The Morgan fingerprint density at radius 3 is 2.21 bits per heavy atom. The van der Waals surface area contributed by atoms with Crippen molar-refractivity contribution in [3.05, 3.63) is 71.8 Å². The number of methoxy groups -OCH3 is 1. The first-order valence-corrected chi connectivity index (χ1v) is 7.14. The van der Waals surface area contributed by atoms with Crippen LogP contribution in [0.1, 0.15) is 16.4 Å². The van der Waals surface area contributed by atoms with E-state index in [1.807, 2.05) is 48.5 Å². The van der Waals surface area contributed by atoms with Gasteiger partial charge in [-0.1, -0.05) is 60.7 Å². The van der Waals surface area contributed by atoms with Crippen LogP contribution in [0.2, 0.25) is 0 Å². The Morgan fingerprint density at radius 2 is 1.63 bits per heavy atom. The van der Waals surface area contributed by atoms with Gasteiger partial charge in [0.25, 0.3) is 0 Å². The SMILES string of the molecule is COC(=O)C(SCc1ccccc1)c1ccccc1. The van der Waals surface area contributed by atoms with Crippen molar-refractivity contribution in [2.75, 3.05) is 7.11 Å². The average Bonchev–Trinajstić information content (AvgIpc) is 2.49. The minimum Gasteiger partial charge on any atom is -0.468 e. The molecule has 2 nitrogen and oxygen atoms in total. The lowest BCUT2D eigenvalue weighted by Crippen LogP contribution is -2.11. The summed E-state index contributed by atoms with van der Waals surface area (Å²) < 4.78 is 4.90. The van der Waals surface area contributed by atoms with E-state index < -0.39 is 0 Å². The molecular weight excluding hydrogens is 256 g/mol. The highest BCUT2D eigenvalue weighted by Gasteiger charge is 2.21. The van der Waals surface area contributed by atoms with Gasteiger partial charge in [-0.05, 0) is 11.1 Å². The van der Waals surface area contributed by atoms with Crippen LogP contribution in [0.3, 0.4) is 0 Å². The van der Waals surface area contributed by atoms with Crippen LogP contribution in [0.25, 0.3) is 0 Å². The molecule has 0 bridgehead atoms. The minimum atomic E-state index is -0.272. The van der Waals surface area contributed by atoms with E-state index in [1.54, 1.807) is 11.8 Å². The third kappa shape index (κ3) is 3.86. The van der Waals surface area contributed by atoms with E-state index in [2.05, 4.69) is 12.1 Å². The first-order chi connectivity index (χ1) is 9.31. The first-order valence-electron chi connectivity index (χ1n) is 6.09. The zero-order valence-electron chi connectivity index (χ0n) is 10.8. The Morgan fingerprint density at radius 1 is 1.05 bits per heavy atom. The molecule has 2 rings (SSSR count). The molecule has 0 saturated heterocycles. The van der Waals surface area contributed by atoms with Crippen LogP contribution >= 0.6 is 11.8 Å². The molecule has 0 heterocycles. The fraction of sp³-hybridized carbons (Fsp3) is 0.188. The van der Waals surface area contributed by atoms with Gasteiger partial charge < -0.3 is 4.74 Å². The number of benzene rings is 2. The van der Waals surface area contributed by atoms with Gasteiger partial charge in [-0.15, -0.1) is 11.8 Å². The quantitative estimate of drug-likeness (QED) is 0.774. The summed E-state index contributed by atoms with van der Waals surface area (Å²) in [6, 6.07) is 19.9. The standard InChI is InChI=1S/C16H16O2S/c1-18-16(17)15(14-10-6-3-7-11-14)19-12-13-8-4-2-5-9-13/h2-11,15H,12H2,1H3. The first kappa shape index (κ1) is 13.7. The molecule has 0 amide bonds. The number of hydrogen-bond acceptors (Lipinski definition) is 3. The number of ether oxygens (including phenoxy) is 1. The Balaban J connectivity index is 2.09. The Kier molecular flexibility index (Phi) is 5.04. The Labute approximate surface area is 117 Å². The molecule has 2 aromatic carbocycles. The maximum atomic E-state index is 11.9. The van der Waals surface area contributed by atoms with Crippen LogP contribution in [0, 0.1) is 0 Å². The molecule has 0 aromatic heterocycles. The van der Waals surface area contributed by atoms with E-state index >= 15 is 0 Å². The van der Waals surface area contributed by atoms with Crippen molar-refractivity contribution in [3.63, 3.8) is 0 Å². The summed E-state index contributed by atoms with van der Waals surface area (Å²) in [5.74, 6) is 0.585. The van der Waals surface area contributed by atoms with Gasteiger partial charge >= 0.3 is 5.97 Å². The van der Waals surface area contributed by atoms with Crippen LogP contribution in [0.5, 0.6) is 0 Å². The van der Waals surface area contributed by atoms with Gasteiger partial charge in [0.2, 0.25) is 0 Å². The van der Waals surface area contributed by atoms with E-state index in [4.69, 9.17) is 4.74 Å². The van der Waals surface area contributed by atoms with Gasteiger partial charge in [-0.25, -0.2) is 0 Å². The van der Waals surface area contributed by atoms with Gasteiger partial charge in [0.05, 0.1) is 7.11 Å². The smallest absolute Gasteiger partial charge is 0.323 e. The second-order valence-electron chi connectivity index (χ2n) is 4.11. The van der Waals surface area contributed by atoms with Crippen LogP contribution in [-0.2, 0) is 15.3 Å². The molecular formula is C16H16O2S. The predicted octanol–water partition coefficient (Wildman–Crippen LogP) is 3.83. The van der Waals surface area contributed by atoms with Crippen LogP contribution in [0.4, 0.5) is 0 Å². The average molecular weight is 272 g/mol. The van der Waals surface area contributed by atoms with Crippen molar-refractivity contribution in [2.45, 2.75) is 11.0 Å². The monoisotopic (exact) mass is 272 g/mol. The number of esters is 1. The zero-order chi connectivity index (χ0) is 13.5. The van der Waals surface area contributed by atoms with Crippen molar-refractivity contribution in [2.24, 2.45) is 0 Å². The summed E-state index contributed by atoms with van der Waals surface area (Å²) in [5, 5.41) is -0.272. The van der Waals surface area contributed by atoms with E-state index in [9.17, 15) is 4.79 Å². The number of thioether (sulfide) groups is 1. The van der Waals surface area contributed by atoms with E-state index in [-0.39, 0.29) is 11.2 Å². The predicted molar refractivity (Wildman–Crippen MR) is 78.9 cm³/mol. The lowest BCUT2D eigenvalue weighted by molar-refractivity contribution is -0.140. The molecule has 19 heavy (non-hydrogen) atoms. The molecule has 0 aliphatic rings. The second-order valence-corrected chi connectivity index (χ2v) is 5.20. The van der Waals surface area contributed by atoms with Crippen LogP contribution in [-0.4, -0.2) is 13.1 Å². The molecule has 0 aliphatic carbocycles. The van der Waals surface area contributed by atoms with E-state index in [1.165, 1.54) is 12.7 Å². The summed E-state index contributed by atoms with van der Waals surface area (Å²) in [4.78, 5) is 11.9. The molecule has 1 atom stereocenters. The highest BCUT2D eigenvalue weighted by atomic mass is 32.2. The summed E-state index contributed by atoms with van der Waals surface area (Å²) in [5.41, 5.74) is 2.19. The second kappa shape index (κ2) is 7.00. The molecule has 98 valence electrons. The fourth-order valence-corrected chi connectivity index (χ4v) is 2.92. The zero-order valence-corrected chi connectivity index (χ0v) is 11.6. The van der Waals surface area contributed by atoms with Crippen LogP contribution in [0.15, 0.2) is 60.7 Å². The van der Waals surface area contributed by atoms with Crippen molar-refractivity contribution in [1.29, 1.82) is 0 Å². The maximum absolute atomic E-state index is 11.9. The molecule has 0 saturated carbocycles. The highest BCUT2D eigenvalue weighted by Crippen LogP contribution is 2.32. The summed E-state index contributed by atoms with van der Waals surface area (Å²) in [7, 11) is 1.43. The van der Waals surface area contributed by atoms with Crippen molar-refractivity contribution >= 4 is 17.7 Å². The van der Waals surface area contributed by atoms with Crippen molar-refractivity contribution < 1.29 is 9.53 Å². The molecule has 0 fully saturated rings. The van der Waals surface area contributed by atoms with Gasteiger partial charge in [0.1, 0.15) is 5.25 Å². The van der Waals surface area contributed by atoms with Crippen molar-refractivity contribution in [1.82, 2.24) is 0 Å². The fourth-order valence-electron chi connectivity index (χ4n) is 1.79. The summed E-state index contributed by atoms with van der Waals surface area (Å²) in [6.45, 7) is 0. The minimum absolute atomic E-state index is 0.202. The third-order valence-corrected chi connectivity index (χ3v) is 4.08. The maximum Gasteiger partial charge on any atom is 0.323 e. The lowest BCUT2D eigenvalue weighted by Gasteiger charge is -2.14. The number of carbonyl (C=O) groups excluding carboxylic acids is 1. The van der Waals surface area contributed by atoms with Gasteiger partial charge in [-0.2, -0.15) is 0 Å². The highest BCUT2D eigenvalue weighted by molar-refractivity contribution is 7.99. The number of rotatable bonds is 5. The molecule has 0 aliphatic heterocycles.